The van der Waals surface area contributed by atoms with Crippen molar-refractivity contribution in [3.63, 3.8) is 0 Å². The van der Waals surface area contributed by atoms with Crippen molar-refractivity contribution >= 4 is 11.3 Å². The molecule has 0 amide bonds. The number of hydrogen-bond acceptors (Lipinski definition) is 3. The zero-order valence-electron chi connectivity index (χ0n) is 8.56. The van der Waals surface area contributed by atoms with E-state index in [-0.39, 0.29) is 6.54 Å². The number of thiazole rings is 1. The standard InChI is InChI=1S/C9H13F3N2S/c1-6(2)8-14-7(4-15-8)3-13-5-9(10,11)12/h4,6,13H,3,5H2,1-2H3. The Bertz CT molecular complexity index is 307. The Labute approximate surface area is 90.5 Å². The Morgan fingerprint density at radius 2 is 2.13 bits per heavy atom. The van der Waals surface area contributed by atoms with Crippen molar-refractivity contribution in [2.45, 2.75) is 32.5 Å². The van der Waals surface area contributed by atoms with E-state index in [0.29, 0.717) is 11.6 Å². The molecule has 0 saturated heterocycles. The predicted molar refractivity (Wildman–Crippen MR) is 54.0 cm³/mol. The van der Waals surface area contributed by atoms with Crippen LogP contribution in [0.3, 0.4) is 0 Å². The van der Waals surface area contributed by atoms with Gasteiger partial charge in [-0.2, -0.15) is 13.2 Å². The van der Waals surface area contributed by atoms with E-state index in [4.69, 9.17) is 0 Å². The molecule has 0 aromatic carbocycles. The summed E-state index contributed by atoms with van der Waals surface area (Å²) in [6.07, 6.45) is -4.16. The van der Waals surface area contributed by atoms with Gasteiger partial charge in [0.15, 0.2) is 0 Å². The molecule has 0 spiro atoms. The first-order valence-electron chi connectivity index (χ1n) is 4.60. The average molecular weight is 238 g/mol. The van der Waals surface area contributed by atoms with Crippen molar-refractivity contribution in [2.24, 2.45) is 0 Å². The van der Waals surface area contributed by atoms with Crippen LogP contribution in [-0.2, 0) is 6.54 Å². The molecule has 0 saturated carbocycles. The average Bonchev–Trinajstić information content (AvgIpc) is 2.50. The second kappa shape index (κ2) is 4.94. The summed E-state index contributed by atoms with van der Waals surface area (Å²) in [4.78, 5) is 4.22. The number of nitrogens with one attached hydrogen (secondary N) is 1. The molecule has 0 fully saturated rings. The monoisotopic (exact) mass is 238 g/mol. The Morgan fingerprint density at radius 3 is 2.60 bits per heavy atom. The molecule has 1 N–H and O–H groups in total. The van der Waals surface area contributed by atoms with Crippen LogP contribution in [0.4, 0.5) is 13.2 Å². The third kappa shape index (κ3) is 4.61. The molecule has 6 heteroatoms. The third-order valence-electron chi connectivity index (χ3n) is 1.69. The maximum atomic E-state index is 11.8. The van der Waals surface area contributed by atoms with Crippen LogP contribution in [0.25, 0.3) is 0 Å². The van der Waals surface area contributed by atoms with Crippen LogP contribution >= 0.6 is 11.3 Å². The van der Waals surface area contributed by atoms with E-state index in [2.05, 4.69) is 10.3 Å². The van der Waals surface area contributed by atoms with Gasteiger partial charge in [0, 0.05) is 17.8 Å². The van der Waals surface area contributed by atoms with Gasteiger partial charge in [-0.05, 0) is 0 Å². The summed E-state index contributed by atoms with van der Waals surface area (Å²) in [5.74, 6) is 0.325. The fourth-order valence-electron chi connectivity index (χ4n) is 1.00. The summed E-state index contributed by atoms with van der Waals surface area (Å²) in [6, 6.07) is 0. The molecule has 2 nitrogen and oxygen atoms in total. The van der Waals surface area contributed by atoms with Gasteiger partial charge in [0.1, 0.15) is 0 Å². The molecular formula is C9H13F3N2S. The largest absolute Gasteiger partial charge is 0.401 e. The maximum absolute atomic E-state index is 11.8. The molecule has 1 aromatic rings. The van der Waals surface area contributed by atoms with E-state index in [1.807, 2.05) is 13.8 Å². The maximum Gasteiger partial charge on any atom is 0.401 e. The van der Waals surface area contributed by atoms with E-state index in [0.717, 1.165) is 5.01 Å². The fraction of sp³-hybridized carbons (Fsp3) is 0.667. The first-order chi connectivity index (χ1) is 6.88. The van der Waals surface area contributed by atoms with Gasteiger partial charge in [0.25, 0.3) is 0 Å². The number of alkyl halides is 3. The van der Waals surface area contributed by atoms with Crippen molar-refractivity contribution < 1.29 is 13.2 Å². The van der Waals surface area contributed by atoms with Crippen LogP contribution in [-0.4, -0.2) is 17.7 Å². The smallest absolute Gasteiger partial charge is 0.303 e. The van der Waals surface area contributed by atoms with Crippen molar-refractivity contribution in [1.29, 1.82) is 0 Å². The number of halogens is 3. The van der Waals surface area contributed by atoms with Gasteiger partial charge in [-0.25, -0.2) is 4.98 Å². The molecule has 0 radical (unpaired) electrons. The Morgan fingerprint density at radius 1 is 1.47 bits per heavy atom. The lowest BCUT2D eigenvalue weighted by Crippen LogP contribution is -2.28. The molecule has 0 aliphatic heterocycles. The van der Waals surface area contributed by atoms with Gasteiger partial charge in [-0.3, -0.25) is 0 Å². The molecule has 0 atom stereocenters. The van der Waals surface area contributed by atoms with Crippen molar-refractivity contribution in [3.05, 3.63) is 16.1 Å². The van der Waals surface area contributed by atoms with Crippen molar-refractivity contribution in [3.8, 4) is 0 Å². The summed E-state index contributed by atoms with van der Waals surface area (Å²) < 4.78 is 35.4. The van der Waals surface area contributed by atoms with Crippen LogP contribution in [0.5, 0.6) is 0 Å². The van der Waals surface area contributed by atoms with Crippen molar-refractivity contribution in [1.82, 2.24) is 10.3 Å². The Balaban J connectivity index is 2.38. The molecular weight excluding hydrogens is 225 g/mol. The normalized spacial score (nSPS) is 12.4. The minimum Gasteiger partial charge on any atom is -0.303 e. The lowest BCUT2D eigenvalue weighted by atomic mass is 10.2. The molecule has 0 bridgehead atoms. The molecule has 0 aliphatic carbocycles. The lowest BCUT2D eigenvalue weighted by Gasteiger charge is -2.06. The zero-order chi connectivity index (χ0) is 11.5. The molecule has 86 valence electrons. The lowest BCUT2D eigenvalue weighted by molar-refractivity contribution is -0.125. The molecule has 1 rings (SSSR count). The zero-order valence-corrected chi connectivity index (χ0v) is 9.37. The van der Waals surface area contributed by atoms with Crippen LogP contribution in [0.1, 0.15) is 30.5 Å². The summed E-state index contributed by atoms with van der Waals surface area (Å²) in [7, 11) is 0. The number of nitrogens with zero attached hydrogens (tertiary/aromatic N) is 1. The Hall–Kier alpha value is -0.620. The van der Waals surface area contributed by atoms with E-state index in [1.165, 1.54) is 11.3 Å². The second-order valence-electron chi connectivity index (χ2n) is 3.55. The van der Waals surface area contributed by atoms with E-state index in [1.54, 1.807) is 5.38 Å². The van der Waals surface area contributed by atoms with E-state index >= 15 is 0 Å². The van der Waals surface area contributed by atoms with Gasteiger partial charge < -0.3 is 5.32 Å². The molecule has 1 heterocycles. The van der Waals surface area contributed by atoms with Gasteiger partial charge in [-0.1, -0.05) is 13.8 Å². The number of hydrogen-bond donors (Lipinski definition) is 1. The minimum absolute atomic E-state index is 0.169. The topological polar surface area (TPSA) is 24.9 Å². The highest BCUT2D eigenvalue weighted by Crippen LogP contribution is 2.19. The number of rotatable bonds is 4. The Kier molecular flexibility index (Phi) is 4.10. The third-order valence-corrected chi connectivity index (χ3v) is 2.89. The SMILES string of the molecule is CC(C)c1nc(CNCC(F)(F)F)cs1. The minimum atomic E-state index is -4.16. The fourth-order valence-corrected chi connectivity index (χ4v) is 1.84. The summed E-state index contributed by atoms with van der Waals surface area (Å²) in [6.45, 7) is 3.21. The van der Waals surface area contributed by atoms with Gasteiger partial charge >= 0.3 is 6.18 Å². The first-order valence-corrected chi connectivity index (χ1v) is 5.48. The molecule has 0 unspecified atom stereocenters. The molecule has 1 aromatic heterocycles. The first kappa shape index (κ1) is 12.4. The van der Waals surface area contributed by atoms with Crippen LogP contribution < -0.4 is 5.32 Å². The molecule has 0 aliphatic rings. The summed E-state index contributed by atoms with van der Waals surface area (Å²) >= 11 is 1.48. The van der Waals surface area contributed by atoms with Crippen LogP contribution in [0.15, 0.2) is 5.38 Å². The predicted octanol–water partition coefficient (Wildman–Crippen LogP) is 2.92. The van der Waals surface area contributed by atoms with Crippen molar-refractivity contribution in [2.75, 3.05) is 6.54 Å². The highest BCUT2D eigenvalue weighted by molar-refractivity contribution is 7.09. The quantitative estimate of drug-likeness (QED) is 0.872. The van der Waals surface area contributed by atoms with Crippen LogP contribution in [0.2, 0.25) is 0 Å². The van der Waals surface area contributed by atoms with Crippen LogP contribution in [0, 0.1) is 0 Å². The second-order valence-corrected chi connectivity index (χ2v) is 4.44. The number of aromatic nitrogens is 1. The summed E-state index contributed by atoms with van der Waals surface area (Å²) in [5, 5.41) is 5.06. The highest BCUT2D eigenvalue weighted by atomic mass is 32.1. The molecule has 15 heavy (non-hydrogen) atoms. The highest BCUT2D eigenvalue weighted by Gasteiger charge is 2.26. The van der Waals surface area contributed by atoms with E-state index < -0.39 is 12.7 Å². The van der Waals surface area contributed by atoms with Gasteiger partial charge in [0.2, 0.25) is 0 Å². The van der Waals surface area contributed by atoms with E-state index in [9.17, 15) is 13.2 Å². The van der Waals surface area contributed by atoms with Gasteiger partial charge in [0.05, 0.1) is 17.2 Å². The van der Waals surface area contributed by atoms with Gasteiger partial charge in [-0.15, -0.1) is 11.3 Å². The summed E-state index contributed by atoms with van der Waals surface area (Å²) in [5.41, 5.74) is 0.674.